The van der Waals surface area contributed by atoms with E-state index in [9.17, 15) is 9.59 Å². The van der Waals surface area contributed by atoms with E-state index in [1.165, 1.54) is 0 Å². The van der Waals surface area contributed by atoms with E-state index >= 15 is 0 Å². The molecule has 0 heterocycles. The van der Waals surface area contributed by atoms with E-state index < -0.39 is 11.9 Å². The third-order valence-corrected chi connectivity index (χ3v) is 2.44. The quantitative estimate of drug-likeness (QED) is 0.656. The number of anilines is 1. The summed E-state index contributed by atoms with van der Waals surface area (Å²) in [7, 11) is 0. The standard InChI is InChI=1S/C13H18N2O4/c1-9(2-7-13(17)18)15-10-3-5-11(6-4-10)19-8-12(14)16/h3-6,9,15H,2,7-8H2,1H3,(H2,14,16)(H,17,18). The zero-order valence-electron chi connectivity index (χ0n) is 10.8. The maximum absolute atomic E-state index is 10.5. The van der Waals surface area contributed by atoms with Gasteiger partial charge in [0.15, 0.2) is 6.61 Å². The predicted octanol–water partition coefficient (Wildman–Crippen LogP) is 1.22. The van der Waals surface area contributed by atoms with Gasteiger partial charge in [-0.2, -0.15) is 0 Å². The van der Waals surface area contributed by atoms with Gasteiger partial charge in [0, 0.05) is 18.2 Å². The van der Waals surface area contributed by atoms with Crippen molar-refractivity contribution in [1.82, 2.24) is 0 Å². The van der Waals surface area contributed by atoms with Gasteiger partial charge in [0.25, 0.3) is 5.91 Å². The monoisotopic (exact) mass is 266 g/mol. The van der Waals surface area contributed by atoms with Crippen LogP contribution in [0.1, 0.15) is 19.8 Å². The zero-order valence-corrected chi connectivity index (χ0v) is 10.8. The number of benzene rings is 1. The van der Waals surface area contributed by atoms with Crippen molar-refractivity contribution >= 4 is 17.6 Å². The first-order chi connectivity index (χ1) is 8.97. The van der Waals surface area contributed by atoms with Gasteiger partial charge in [-0.15, -0.1) is 0 Å². The molecule has 0 radical (unpaired) electrons. The van der Waals surface area contributed by atoms with E-state index in [1.807, 2.05) is 6.92 Å². The molecule has 0 fully saturated rings. The van der Waals surface area contributed by atoms with Gasteiger partial charge in [-0.05, 0) is 37.6 Å². The van der Waals surface area contributed by atoms with Crippen LogP contribution in [0.2, 0.25) is 0 Å². The van der Waals surface area contributed by atoms with Crippen LogP contribution in [0.4, 0.5) is 5.69 Å². The molecule has 1 aromatic rings. The molecule has 1 rings (SSSR count). The number of hydrogen-bond acceptors (Lipinski definition) is 4. The highest BCUT2D eigenvalue weighted by Gasteiger charge is 2.05. The van der Waals surface area contributed by atoms with Gasteiger partial charge in [-0.25, -0.2) is 0 Å². The summed E-state index contributed by atoms with van der Waals surface area (Å²) in [6.07, 6.45) is 0.684. The molecular weight excluding hydrogens is 248 g/mol. The Morgan fingerprint density at radius 1 is 1.37 bits per heavy atom. The Labute approximate surface area is 111 Å². The van der Waals surface area contributed by atoms with E-state index in [2.05, 4.69) is 5.32 Å². The van der Waals surface area contributed by atoms with E-state index in [0.717, 1.165) is 5.69 Å². The topological polar surface area (TPSA) is 102 Å². The molecule has 0 aromatic heterocycles. The van der Waals surface area contributed by atoms with Crippen LogP contribution >= 0.6 is 0 Å². The second kappa shape index (κ2) is 7.25. The average Bonchev–Trinajstić information content (AvgIpc) is 2.35. The average molecular weight is 266 g/mol. The SMILES string of the molecule is CC(CCC(=O)O)Nc1ccc(OCC(N)=O)cc1. The number of carboxylic acids is 1. The molecule has 0 bridgehead atoms. The fourth-order valence-corrected chi connectivity index (χ4v) is 1.50. The van der Waals surface area contributed by atoms with Gasteiger partial charge in [0.1, 0.15) is 5.75 Å². The molecular formula is C13H18N2O4. The van der Waals surface area contributed by atoms with Crippen molar-refractivity contribution in [3.8, 4) is 5.75 Å². The molecule has 1 atom stereocenters. The molecule has 0 saturated heterocycles. The summed E-state index contributed by atoms with van der Waals surface area (Å²) in [6, 6.07) is 7.10. The molecule has 0 saturated carbocycles. The number of carbonyl (C=O) groups is 2. The first-order valence-corrected chi connectivity index (χ1v) is 5.97. The largest absolute Gasteiger partial charge is 0.484 e. The van der Waals surface area contributed by atoms with Crippen molar-refractivity contribution in [2.45, 2.75) is 25.8 Å². The van der Waals surface area contributed by atoms with Crippen LogP contribution in [0, 0.1) is 0 Å². The van der Waals surface area contributed by atoms with Crippen LogP contribution in [0.3, 0.4) is 0 Å². The number of carbonyl (C=O) groups excluding carboxylic acids is 1. The number of aliphatic carboxylic acids is 1. The van der Waals surface area contributed by atoms with Crippen molar-refractivity contribution in [2.75, 3.05) is 11.9 Å². The number of carboxylic acid groups (broad SMARTS) is 1. The number of nitrogens with two attached hydrogens (primary N) is 1. The van der Waals surface area contributed by atoms with Crippen molar-refractivity contribution in [2.24, 2.45) is 5.73 Å². The number of ether oxygens (including phenoxy) is 1. The lowest BCUT2D eigenvalue weighted by atomic mass is 10.1. The first kappa shape index (κ1) is 14.8. The molecule has 0 spiro atoms. The molecule has 1 aromatic carbocycles. The van der Waals surface area contributed by atoms with Crippen LogP contribution in [0.25, 0.3) is 0 Å². The third-order valence-electron chi connectivity index (χ3n) is 2.44. The zero-order chi connectivity index (χ0) is 14.3. The van der Waals surface area contributed by atoms with Crippen molar-refractivity contribution in [1.29, 1.82) is 0 Å². The lowest BCUT2D eigenvalue weighted by molar-refractivity contribution is -0.137. The van der Waals surface area contributed by atoms with Crippen LogP contribution in [0.15, 0.2) is 24.3 Å². The van der Waals surface area contributed by atoms with Crippen molar-refractivity contribution in [3.05, 3.63) is 24.3 Å². The summed E-state index contributed by atoms with van der Waals surface area (Å²) in [4.78, 5) is 21.0. The number of hydrogen-bond donors (Lipinski definition) is 3. The summed E-state index contributed by atoms with van der Waals surface area (Å²) < 4.78 is 5.13. The second-order valence-electron chi connectivity index (χ2n) is 4.26. The van der Waals surface area contributed by atoms with Gasteiger partial charge < -0.3 is 20.9 Å². The van der Waals surface area contributed by atoms with E-state index in [4.69, 9.17) is 15.6 Å². The Morgan fingerprint density at radius 3 is 2.53 bits per heavy atom. The summed E-state index contributed by atoms with van der Waals surface area (Å²) >= 11 is 0. The van der Waals surface area contributed by atoms with Crippen LogP contribution in [-0.4, -0.2) is 29.6 Å². The molecule has 6 nitrogen and oxygen atoms in total. The predicted molar refractivity (Wildman–Crippen MR) is 71.1 cm³/mol. The number of primary amides is 1. The summed E-state index contributed by atoms with van der Waals surface area (Å²) in [5.41, 5.74) is 5.83. The summed E-state index contributed by atoms with van der Waals surface area (Å²) in [5.74, 6) is -0.768. The van der Waals surface area contributed by atoms with Crippen LogP contribution in [-0.2, 0) is 9.59 Å². The van der Waals surface area contributed by atoms with Crippen molar-refractivity contribution in [3.63, 3.8) is 0 Å². The van der Waals surface area contributed by atoms with Crippen LogP contribution in [0.5, 0.6) is 5.75 Å². The minimum Gasteiger partial charge on any atom is -0.484 e. The van der Waals surface area contributed by atoms with E-state index in [-0.39, 0.29) is 19.1 Å². The van der Waals surface area contributed by atoms with E-state index in [0.29, 0.717) is 12.2 Å². The molecule has 0 aliphatic heterocycles. The molecule has 0 aliphatic carbocycles. The van der Waals surface area contributed by atoms with E-state index in [1.54, 1.807) is 24.3 Å². The minimum absolute atomic E-state index is 0.0634. The molecule has 0 aliphatic rings. The Morgan fingerprint density at radius 2 is 2.00 bits per heavy atom. The Balaban J connectivity index is 2.43. The maximum Gasteiger partial charge on any atom is 0.303 e. The van der Waals surface area contributed by atoms with Gasteiger partial charge in [0.05, 0.1) is 0 Å². The van der Waals surface area contributed by atoms with Crippen molar-refractivity contribution < 1.29 is 19.4 Å². The summed E-state index contributed by atoms with van der Waals surface area (Å²) in [6.45, 7) is 1.77. The lowest BCUT2D eigenvalue weighted by Crippen LogP contribution is -2.20. The first-order valence-electron chi connectivity index (χ1n) is 5.97. The maximum atomic E-state index is 10.5. The fourth-order valence-electron chi connectivity index (χ4n) is 1.50. The third kappa shape index (κ3) is 6.30. The van der Waals surface area contributed by atoms with Gasteiger partial charge in [0.2, 0.25) is 0 Å². The smallest absolute Gasteiger partial charge is 0.303 e. The highest BCUT2D eigenvalue weighted by atomic mass is 16.5. The van der Waals surface area contributed by atoms with Gasteiger partial charge in [-0.1, -0.05) is 0 Å². The number of rotatable bonds is 8. The van der Waals surface area contributed by atoms with Gasteiger partial charge in [-0.3, -0.25) is 9.59 Å². The molecule has 1 amide bonds. The Hall–Kier alpha value is -2.24. The summed E-state index contributed by atoms with van der Waals surface area (Å²) in [5, 5.41) is 11.8. The molecule has 1 unspecified atom stereocenters. The highest BCUT2D eigenvalue weighted by Crippen LogP contribution is 2.17. The Bertz CT molecular complexity index is 431. The fraction of sp³-hybridized carbons (Fsp3) is 0.385. The second-order valence-corrected chi connectivity index (χ2v) is 4.26. The number of nitrogens with one attached hydrogen (secondary N) is 1. The molecule has 6 heteroatoms. The molecule has 104 valence electrons. The number of amides is 1. The Kier molecular flexibility index (Phi) is 5.66. The minimum atomic E-state index is -0.802. The highest BCUT2D eigenvalue weighted by molar-refractivity contribution is 5.75. The lowest BCUT2D eigenvalue weighted by Gasteiger charge is -2.14. The normalized spacial score (nSPS) is 11.6. The van der Waals surface area contributed by atoms with Crippen LogP contribution < -0.4 is 15.8 Å². The molecule has 19 heavy (non-hydrogen) atoms. The molecule has 4 N–H and O–H groups in total. The van der Waals surface area contributed by atoms with Gasteiger partial charge >= 0.3 is 5.97 Å².